The topological polar surface area (TPSA) is 65.1 Å². The van der Waals surface area contributed by atoms with Gasteiger partial charge < -0.3 is 19.1 Å². The van der Waals surface area contributed by atoms with E-state index in [-0.39, 0.29) is 18.1 Å². The number of Topliss-reactive ketones (excluding diaryl/α,β-unsaturated/α-hetero) is 1. The number of amides is 1. The van der Waals surface area contributed by atoms with Crippen LogP contribution >= 0.6 is 23.2 Å². The van der Waals surface area contributed by atoms with Crippen LogP contribution in [0, 0.1) is 0 Å². The first-order valence-electron chi connectivity index (χ1n) is 9.58. The van der Waals surface area contributed by atoms with Crippen LogP contribution in [0.25, 0.3) is 0 Å². The van der Waals surface area contributed by atoms with E-state index in [9.17, 15) is 9.59 Å². The van der Waals surface area contributed by atoms with Gasteiger partial charge in [0.2, 0.25) is 0 Å². The molecule has 8 heteroatoms. The third-order valence-electron chi connectivity index (χ3n) is 5.70. The van der Waals surface area contributed by atoms with Gasteiger partial charge in [0.15, 0.2) is 5.78 Å². The van der Waals surface area contributed by atoms with Crippen LogP contribution in [0.1, 0.15) is 40.0 Å². The number of halogens is 2. The lowest BCUT2D eigenvalue weighted by molar-refractivity contribution is -0.00609. The first kappa shape index (κ1) is 20.8. The van der Waals surface area contributed by atoms with Gasteiger partial charge in [-0.15, -0.1) is 0 Å². The maximum absolute atomic E-state index is 12.9. The Balaban J connectivity index is 1.54. The number of methoxy groups -OCH3 is 2. The number of carbonyl (C=O) groups excluding carboxylic acids is 2. The van der Waals surface area contributed by atoms with E-state index < -0.39 is 5.60 Å². The standard InChI is InChI=1S/C22H21Cl2NO5/c1-28-14-10-18(29-2)20-17(26)12-22(30-19(20)11-14)5-7-25(8-6-22)21(27)15-9-13(23)3-4-16(15)24/h3-4,9-11H,5-8,12H2,1-2H3. The second kappa shape index (κ2) is 8.00. The maximum Gasteiger partial charge on any atom is 0.255 e. The number of carbonyl (C=O) groups is 2. The smallest absolute Gasteiger partial charge is 0.255 e. The summed E-state index contributed by atoms with van der Waals surface area (Å²) in [6.45, 7) is 0.900. The molecule has 0 radical (unpaired) electrons. The Morgan fingerprint density at radius 1 is 1.10 bits per heavy atom. The largest absolute Gasteiger partial charge is 0.496 e. The summed E-state index contributed by atoms with van der Waals surface area (Å²) in [5.41, 5.74) is 0.157. The first-order valence-corrected chi connectivity index (χ1v) is 10.3. The van der Waals surface area contributed by atoms with E-state index in [0.29, 0.717) is 64.4 Å². The zero-order valence-corrected chi connectivity index (χ0v) is 18.2. The van der Waals surface area contributed by atoms with Gasteiger partial charge in [0.1, 0.15) is 28.4 Å². The van der Waals surface area contributed by atoms with E-state index in [1.807, 2.05) is 0 Å². The highest BCUT2D eigenvalue weighted by molar-refractivity contribution is 6.35. The van der Waals surface area contributed by atoms with Crippen molar-refractivity contribution in [2.75, 3.05) is 27.3 Å². The average molecular weight is 450 g/mol. The number of nitrogens with zero attached hydrogens (tertiary/aromatic N) is 1. The molecule has 2 aromatic rings. The molecule has 0 atom stereocenters. The maximum atomic E-state index is 12.9. The van der Waals surface area contributed by atoms with Gasteiger partial charge >= 0.3 is 0 Å². The number of fused-ring (bicyclic) bond motifs is 1. The average Bonchev–Trinajstić information content (AvgIpc) is 2.74. The molecule has 2 heterocycles. The molecule has 2 aromatic carbocycles. The minimum atomic E-state index is -0.656. The SMILES string of the molecule is COc1cc(OC)c2c(c1)OC1(CCN(C(=O)c3cc(Cl)ccc3Cl)CC1)CC2=O. The quantitative estimate of drug-likeness (QED) is 0.681. The van der Waals surface area contributed by atoms with Crippen LogP contribution < -0.4 is 14.2 Å². The molecule has 158 valence electrons. The molecule has 0 N–H and O–H groups in total. The van der Waals surface area contributed by atoms with E-state index in [1.54, 1.807) is 42.3 Å². The molecule has 0 aliphatic carbocycles. The van der Waals surface area contributed by atoms with Crippen molar-refractivity contribution in [1.82, 2.24) is 4.90 Å². The summed E-state index contributed by atoms with van der Waals surface area (Å²) >= 11 is 12.2. The molecule has 0 aromatic heterocycles. The van der Waals surface area contributed by atoms with Crippen molar-refractivity contribution in [2.45, 2.75) is 24.9 Å². The predicted octanol–water partition coefficient (Wildman–Crippen LogP) is 4.65. The summed E-state index contributed by atoms with van der Waals surface area (Å²) in [6.07, 6.45) is 1.30. The Morgan fingerprint density at radius 2 is 1.83 bits per heavy atom. The molecule has 6 nitrogen and oxygen atoms in total. The molecule has 30 heavy (non-hydrogen) atoms. The Bertz CT molecular complexity index is 1010. The number of rotatable bonds is 3. The molecule has 1 spiro atoms. The highest BCUT2D eigenvalue weighted by atomic mass is 35.5. The van der Waals surface area contributed by atoms with Crippen LogP contribution in [0.5, 0.6) is 17.2 Å². The lowest BCUT2D eigenvalue weighted by Crippen LogP contribution is -2.52. The van der Waals surface area contributed by atoms with Crippen molar-refractivity contribution in [1.29, 1.82) is 0 Å². The summed E-state index contributed by atoms with van der Waals surface area (Å²) in [6, 6.07) is 8.22. The Hall–Kier alpha value is -2.44. The monoisotopic (exact) mass is 449 g/mol. The summed E-state index contributed by atoms with van der Waals surface area (Å²) < 4.78 is 17.0. The third kappa shape index (κ3) is 3.70. The molecule has 4 rings (SSSR count). The van der Waals surface area contributed by atoms with Crippen molar-refractivity contribution in [3.8, 4) is 17.2 Å². The van der Waals surface area contributed by atoms with Gasteiger partial charge in [-0.1, -0.05) is 23.2 Å². The second-order valence-corrected chi connectivity index (χ2v) is 8.35. The van der Waals surface area contributed by atoms with Crippen LogP contribution in [0.4, 0.5) is 0 Å². The van der Waals surface area contributed by atoms with Gasteiger partial charge in [-0.25, -0.2) is 0 Å². The lowest BCUT2D eigenvalue weighted by atomic mass is 9.82. The zero-order chi connectivity index (χ0) is 21.5. The normalized spacial score (nSPS) is 17.3. The molecule has 1 fully saturated rings. The first-order chi connectivity index (χ1) is 14.4. The van der Waals surface area contributed by atoms with E-state index >= 15 is 0 Å². The van der Waals surface area contributed by atoms with Gasteiger partial charge in [0.25, 0.3) is 5.91 Å². The van der Waals surface area contributed by atoms with Gasteiger partial charge in [-0.2, -0.15) is 0 Å². The number of hydrogen-bond acceptors (Lipinski definition) is 5. The highest BCUT2D eigenvalue weighted by Gasteiger charge is 2.45. The fourth-order valence-electron chi connectivity index (χ4n) is 4.08. The van der Waals surface area contributed by atoms with Gasteiger partial charge in [0.05, 0.1) is 31.2 Å². The molecule has 0 bridgehead atoms. The Morgan fingerprint density at radius 3 is 2.50 bits per heavy atom. The molecule has 0 unspecified atom stereocenters. The van der Waals surface area contributed by atoms with Crippen molar-refractivity contribution in [3.05, 3.63) is 51.5 Å². The highest BCUT2D eigenvalue weighted by Crippen LogP contribution is 2.45. The minimum Gasteiger partial charge on any atom is -0.496 e. The summed E-state index contributed by atoms with van der Waals surface area (Å²) in [5, 5.41) is 0.818. The Kier molecular flexibility index (Phi) is 5.55. The van der Waals surface area contributed by atoms with Crippen LogP contribution in [-0.4, -0.2) is 49.5 Å². The Labute approximate surface area is 184 Å². The number of ether oxygens (including phenoxy) is 3. The van der Waals surface area contributed by atoms with Crippen LogP contribution in [0.3, 0.4) is 0 Å². The van der Waals surface area contributed by atoms with E-state index in [0.717, 1.165) is 0 Å². The van der Waals surface area contributed by atoms with Crippen molar-refractivity contribution in [3.63, 3.8) is 0 Å². The number of likely N-dealkylation sites (tertiary alicyclic amines) is 1. The molecular weight excluding hydrogens is 429 g/mol. The fraction of sp³-hybridized carbons (Fsp3) is 0.364. The number of hydrogen-bond donors (Lipinski definition) is 0. The molecule has 0 saturated carbocycles. The van der Waals surface area contributed by atoms with Crippen LogP contribution in [0.2, 0.25) is 10.0 Å². The fourth-order valence-corrected chi connectivity index (χ4v) is 4.45. The van der Waals surface area contributed by atoms with Gasteiger partial charge in [0, 0.05) is 43.1 Å². The van der Waals surface area contributed by atoms with Crippen molar-refractivity contribution in [2.24, 2.45) is 0 Å². The molecule has 2 aliphatic heterocycles. The minimum absolute atomic E-state index is 0.0339. The zero-order valence-electron chi connectivity index (χ0n) is 16.7. The number of ketones is 1. The number of piperidine rings is 1. The van der Waals surface area contributed by atoms with Crippen molar-refractivity contribution < 1.29 is 23.8 Å². The predicted molar refractivity (Wildman–Crippen MR) is 113 cm³/mol. The number of benzene rings is 2. The van der Waals surface area contributed by atoms with E-state index in [1.165, 1.54) is 7.11 Å². The summed E-state index contributed by atoms with van der Waals surface area (Å²) in [7, 11) is 3.06. The third-order valence-corrected chi connectivity index (χ3v) is 6.27. The van der Waals surface area contributed by atoms with E-state index in [4.69, 9.17) is 37.4 Å². The van der Waals surface area contributed by atoms with Crippen LogP contribution in [-0.2, 0) is 0 Å². The van der Waals surface area contributed by atoms with E-state index in [2.05, 4.69) is 0 Å². The molecule has 1 saturated heterocycles. The van der Waals surface area contributed by atoms with Crippen molar-refractivity contribution >= 4 is 34.9 Å². The summed E-state index contributed by atoms with van der Waals surface area (Å²) in [4.78, 5) is 27.6. The molecule has 2 aliphatic rings. The van der Waals surface area contributed by atoms with Gasteiger partial charge in [-0.05, 0) is 18.2 Å². The lowest BCUT2D eigenvalue weighted by Gasteiger charge is -2.44. The summed E-state index contributed by atoms with van der Waals surface area (Å²) in [5.74, 6) is 1.24. The van der Waals surface area contributed by atoms with Gasteiger partial charge in [-0.3, -0.25) is 9.59 Å². The molecular formula is C22H21Cl2NO5. The molecule has 1 amide bonds. The van der Waals surface area contributed by atoms with Crippen LogP contribution in [0.15, 0.2) is 30.3 Å². The second-order valence-electron chi connectivity index (χ2n) is 7.50.